The molecule has 12 heteroatoms. The maximum atomic E-state index is 5.46. The first-order chi connectivity index (χ1) is 16.9. The van der Waals surface area contributed by atoms with Crippen molar-refractivity contribution < 1.29 is 4.74 Å². The van der Waals surface area contributed by atoms with Crippen molar-refractivity contribution in [1.82, 2.24) is 40.6 Å². The van der Waals surface area contributed by atoms with Gasteiger partial charge >= 0.3 is 0 Å². The molecule has 1 fully saturated rings. The zero-order chi connectivity index (χ0) is 24.3. The summed E-state index contributed by atoms with van der Waals surface area (Å²) < 4.78 is 5.46. The van der Waals surface area contributed by atoms with E-state index < -0.39 is 0 Å². The van der Waals surface area contributed by atoms with E-state index in [0.29, 0.717) is 5.13 Å². The van der Waals surface area contributed by atoms with Gasteiger partial charge in [0.1, 0.15) is 17.0 Å². The van der Waals surface area contributed by atoms with Gasteiger partial charge in [-0.15, -0.1) is 10.2 Å². The number of fused-ring (bicyclic) bond motifs is 1. The topological polar surface area (TPSA) is 132 Å². The fourth-order valence-electron chi connectivity index (χ4n) is 3.87. The molecule has 4 aromatic rings. The number of hydrogen-bond acceptors (Lipinski definition) is 10. The molecular formula is C23H30N10OS. The summed E-state index contributed by atoms with van der Waals surface area (Å²) in [5, 5.41) is 26.0. The normalized spacial score (nSPS) is 15.5. The average molecular weight is 495 g/mol. The van der Waals surface area contributed by atoms with E-state index in [9.17, 15) is 0 Å². The number of hydrogen-bond donors (Lipinski definition) is 5. The van der Waals surface area contributed by atoms with Gasteiger partial charge in [-0.1, -0.05) is 17.4 Å². The molecule has 0 aliphatic carbocycles. The van der Waals surface area contributed by atoms with E-state index >= 15 is 0 Å². The molecule has 35 heavy (non-hydrogen) atoms. The lowest BCUT2D eigenvalue weighted by Gasteiger charge is -2.26. The Bertz CT molecular complexity index is 1280. The van der Waals surface area contributed by atoms with E-state index in [0.717, 1.165) is 66.9 Å². The molecule has 5 N–H and O–H groups in total. The molecule has 11 nitrogen and oxygen atoms in total. The number of nitrogens with one attached hydrogen (secondary N) is 5. The van der Waals surface area contributed by atoms with Crippen LogP contribution < -0.4 is 16.0 Å². The van der Waals surface area contributed by atoms with Gasteiger partial charge in [0.25, 0.3) is 0 Å². The minimum atomic E-state index is -0.151. The van der Waals surface area contributed by atoms with E-state index in [1.54, 1.807) is 11.7 Å². The molecule has 0 radical (unpaired) electrons. The third-order valence-electron chi connectivity index (χ3n) is 5.42. The van der Waals surface area contributed by atoms with Gasteiger partial charge < -0.3 is 25.7 Å². The highest BCUT2D eigenvalue weighted by Gasteiger charge is 2.16. The van der Waals surface area contributed by atoms with Crippen molar-refractivity contribution in [1.29, 1.82) is 0 Å². The van der Waals surface area contributed by atoms with Crippen LogP contribution in [-0.4, -0.2) is 67.1 Å². The largest absolute Gasteiger partial charge is 0.379 e. The van der Waals surface area contributed by atoms with Gasteiger partial charge in [0.2, 0.25) is 5.13 Å². The number of benzene rings is 1. The molecule has 184 valence electrons. The second-order valence-corrected chi connectivity index (χ2v) is 10.3. The van der Waals surface area contributed by atoms with Gasteiger partial charge in [-0.05, 0) is 38.5 Å². The molecule has 1 aliphatic rings. The lowest BCUT2D eigenvalue weighted by molar-refractivity contribution is 0.0342. The van der Waals surface area contributed by atoms with Crippen LogP contribution in [0, 0.1) is 0 Å². The van der Waals surface area contributed by atoms with E-state index in [1.807, 2.05) is 6.20 Å². The Morgan fingerprint density at radius 3 is 2.89 bits per heavy atom. The van der Waals surface area contributed by atoms with Crippen molar-refractivity contribution in [2.45, 2.75) is 32.9 Å². The zero-order valence-electron chi connectivity index (χ0n) is 20.1. The fourth-order valence-corrected chi connectivity index (χ4v) is 4.32. The van der Waals surface area contributed by atoms with Crippen LogP contribution in [0.1, 0.15) is 26.3 Å². The number of aromatic amines is 2. The summed E-state index contributed by atoms with van der Waals surface area (Å²) in [6.07, 6.45) is 3.59. The number of imidazole rings is 1. The molecule has 1 aromatic carbocycles. The SMILES string of the molecule is CC(C)(C)NC(=CNc1cn[nH]c1-c1nc2ccc(CN3CCOCC3)cc2[nH]1)Nc1nncs1. The number of aromatic nitrogens is 6. The highest BCUT2D eigenvalue weighted by Crippen LogP contribution is 2.26. The van der Waals surface area contributed by atoms with Crippen LogP contribution in [0.2, 0.25) is 0 Å². The summed E-state index contributed by atoms with van der Waals surface area (Å²) in [5.74, 6) is 1.48. The molecule has 1 saturated heterocycles. The molecule has 0 amide bonds. The summed E-state index contributed by atoms with van der Waals surface area (Å²) in [6.45, 7) is 10.7. The summed E-state index contributed by atoms with van der Waals surface area (Å²) in [4.78, 5) is 10.6. The van der Waals surface area contributed by atoms with Crippen molar-refractivity contribution in [3.05, 3.63) is 47.5 Å². The van der Waals surface area contributed by atoms with Gasteiger partial charge in [-0.3, -0.25) is 10.00 Å². The second kappa shape index (κ2) is 10.0. The fraction of sp³-hybridized carbons (Fsp3) is 0.391. The number of ether oxygens (including phenoxy) is 1. The number of anilines is 2. The van der Waals surface area contributed by atoms with Gasteiger partial charge in [0, 0.05) is 31.4 Å². The summed E-state index contributed by atoms with van der Waals surface area (Å²) in [6, 6.07) is 6.37. The number of rotatable bonds is 8. The van der Waals surface area contributed by atoms with Gasteiger partial charge in [0.15, 0.2) is 5.82 Å². The predicted molar refractivity (Wildman–Crippen MR) is 138 cm³/mol. The van der Waals surface area contributed by atoms with Crippen LogP contribution in [0.3, 0.4) is 0 Å². The molecule has 0 bridgehead atoms. The molecular weight excluding hydrogens is 464 g/mol. The first-order valence-corrected chi connectivity index (χ1v) is 12.4. The van der Waals surface area contributed by atoms with Crippen LogP contribution in [0.25, 0.3) is 22.6 Å². The molecule has 0 atom stereocenters. The minimum absolute atomic E-state index is 0.151. The van der Waals surface area contributed by atoms with E-state index in [2.05, 4.69) is 85.2 Å². The van der Waals surface area contributed by atoms with Gasteiger partial charge in [0.05, 0.1) is 36.1 Å². The van der Waals surface area contributed by atoms with Crippen molar-refractivity contribution in [3.63, 3.8) is 0 Å². The Kier molecular flexibility index (Phi) is 6.66. The molecule has 1 aliphatic heterocycles. The number of nitrogens with zero attached hydrogens (tertiary/aromatic N) is 5. The van der Waals surface area contributed by atoms with Crippen molar-refractivity contribution in [2.24, 2.45) is 0 Å². The predicted octanol–water partition coefficient (Wildman–Crippen LogP) is 3.35. The Labute approximate surface area is 207 Å². The average Bonchev–Trinajstić information content (AvgIpc) is 3.57. The summed E-state index contributed by atoms with van der Waals surface area (Å²) in [5.41, 5.74) is 6.27. The third-order valence-corrected chi connectivity index (χ3v) is 6.02. The van der Waals surface area contributed by atoms with Crippen LogP contribution in [0.4, 0.5) is 10.8 Å². The maximum absolute atomic E-state index is 5.46. The van der Waals surface area contributed by atoms with Gasteiger partial charge in [-0.2, -0.15) is 5.10 Å². The first kappa shape index (κ1) is 23.3. The highest BCUT2D eigenvalue weighted by molar-refractivity contribution is 7.13. The monoisotopic (exact) mass is 494 g/mol. The molecule has 0 unspecified atom stereocenters. The first-order valence-electron chi connectivity index (χ1n) is 11.5. The second-order valence-electron chi connectivity index (χ2n) is 9.43. The Morgan fingerprint density at radius 2 is 2.11 bits per heavy atom. The third kappa shape index (κ3) is 5.96. The molecule has 4 heterocycles. The molecule has 3 aromatic heterocycles. The van der Waals surface area contributed by atoms with Crippen molar-refractivity contribution >= 4 is 33.2 Å². The van der Waals surface area contributed by atoms with Crippen LogP contribution in [0.15, 0.2) is 41.9 Å². The highest BCUT2D eigenvalue weighted by atomic mass is 32.1. The molecule has 5 rings (SSSR count). The minimum Gasteiger partial charge on any atom is -0.379 e. The van der Waals surface area contributed by atoms with Crippen molar-refractivity contribution in [3.8, 4) is 11.5 Å². The Balaban J connectivity index is 1.35. The quantitative estimate of drug-likeness (QED) is 0.250. The van der Waals surface area contributed by atoms with Gasteiger partial charge in [-0.25, -0.2) is 4.98 Å². The van der Waals surface area contributed by atoms with E-state index in [4.69, 9.17) is 9.72 Å². The van der Waals surface area contributed by atoms with Crippen LogP contribution in [-0.2, 0) is 11.3 Å². The zero-order valence-corrected chi connectivity index (χ0v) is 20.9. The van der Waals surface area contributed by atoms with Crippen LogP contribution in [0.5, 0.6) is 0 Å². The summed E-state index contributed by atoms with van der Waals surface area (Å²) >= 11 is 1.43. The molecule has 0 saturated carbocycles. The Morgan fingerprint density at radius 1 is 1.26 bits per heavy atom. The van der Waals surface area contributed by atoms with Crippen LogP contribution >= 0.6 is 11.3 Å². The van der Waals surface area contributed by atoms with Crippen molar-refractivity contribution in [2.75, 3.05) is 36.9 Å². The number of H-pyrrole nitrogens is 2. The smallest absolute Gasteiger partial charge is 0.210 e. The lowest BCUT2D eigenvalue weighted by Crippen LogP contribution is -2.37. The lowest BCUT2D eigenvalue weighted by atomic mass is 10.1. The number of morpholine rings is 1. The molecule has 0 spiro atoms. The van der Waals surface area contributed by atoms with E-state index in [1.165, 1.54) is 16.9 Å². The maximum Gasteiger partial charge on any atom is 0.210 e. The standard InChI is InChI=1S/C23H30N10OS/c1-23(2,3)30-19(29-22-32-26-14-35-22)12-24-18-11-25-31-20(18)21-27-16-5-4-15(10-17(16)28-21)13-33-6-8-34-9-7-33/h4-5,10-12,14,24,30H,6-9,13H2,1-3H3,(H,25,31)(H,27,28)(H,29,32). The summed E-state index contributed by atoms with van der Waals surface area (Å²) in [7, 11) is 0. The van der Waals surface area contributed by atoms with E-state index in [-0.39, 0.29) is 5.54 Å². The Hall–Kier alpha value is -3.48.